The SMILES string of the molecule is Cc1ccccc1.Cc1ccccc1.[W]. The summed E-state index contributed by atoms with van der Waals surface area (Å²) in [7, 11) is 0. The number of hydrogen-bond acceptors (Lipinski definition) is 0. The summed E-state index contributed by atoms with van der Waals surface area (Å²) in [6, 6.07) is 20.5. The van der Waals surface area contributed by atoms with Gasteiger partial charge in [0.05, 0.1) is 0 Å². The zero-order valence-corrected chi connectivity index (χ0v) is 12.1. The first kappa shape index (κ1) is 14.1. The van der Waals surface area contributed by atoms with Crippen molar-refractivity contribution in [2.75, 3.05) is 0 Å². The van der Waals surface area contributed by atoms with Gasteiger partial charge in [0.1, 0.15) is 0 Å². The Bertz CT molecular complexity index is 303. The van der Waals surface area contributed by atoms with Gasteiger partial charge in [0.2, 0.25) is 0 Å². The third-order valence-electron chi connectivity index (χ3n) is 1.88. The van der Waals surface area contributed by atoms with Crippen LogP contribution in [0.5, 0.6) is 0 Å². The molecule has 0 atom stereocenters. The Morgan fingerprint density at radius 3 is 0.933 bits per heavy atom. The monoisotopic (exact) mass is 368 g/mol. The van der Waals surface area contributed by atoms with Crippen LogP contribution >= 0.6 is 0 Å². The minimum Gasteiger partial charge on any atom is -0.0622 e. The molecule has 0 aliphatic heterocycles. The van der Waals surface area contributed by atoms with Crippen LogP contribution in [0.4, 0.5) is 0 Å². The van der Waals surface area contributed by atoms with E-state index in [0.29, 0.717) is 0 Å². The fourth-order valence-electron chi connectivity index (χ4n) is 1.07. The molecular formula is C14H16W. The molecule has 0 saturated heterocycles. The predicted molar refractivity (Wildman–Crippen MR) is 62.4 cm³/mol. The molecule has 2 rings (SSSR count). The van der Waals surface area contributed by atoms with Crippen molar-refractivity contribution in [1.29, 1.82) is 0 Å². The molecule has 15 heavy (non-hydrogen) atoms. The van der Waals surface area contributed by atoms with Crippen molar-refractivity contribution in [3.05, 3.63) is 71.8 Å². The summed E-state index contributed by atoms with van der Waals surface area (Å²) >= 11 is 0. The number of rotatable bonds is 0. The Morgan fingerprint density at radius 1 is 0.533 bits per heavy atom. The molecule has 0 unspecified atom stereocenters. The van der Waals surface area contributed by atoms with E-state index in [1.165, 1.54) is 11.1 Å². The molecule has 0 N–H and O–H groups in total. The fourth-order valence-corrected chi connectivity index (χ4v) is 1.07. The molecule has 2 aromatic rings. The molecule has 78 valence electrons. The Kier molecular flexibility index (Phi) is 7.95. The topological polar surface area (TPSA) is 0 Å². The number of benzene rings is 2. The van der Waals surface area contributed by atoms with Crippen molar-refractivity contribution in [3.8, 4) is 0 Å². The molecule has 0 bridgehead atoms. The molecule has 0 aromatic heterocycles. The summed E-state index contributed by atoms with van der Waals surface area (Å²) < 4.78 is 0. The summed E-state index contributed by atoms with van der Waals surface area (Å²) in [4.78, 5) is 0. The molecule has 0 nitrogen and oxygen atoms in total. The number of hydrogen-bond donors (Lipinski definition) is 0. The van der Waals surface area contributed by atoms with E-state index in [-0.39, 0.29) is 21.1 Å². The second kappa shape index (κ2) is 8.44. The maximum Gasteiger partial charge on any atom is 0 e. The summed E-state index contributed by atoms with van der Waals surface area (Å²) in [6.45, 7) is 4.17. The van der Waals surface area contributed by atoms with Crippen molar-refractivity contribution in [2.24, 2.45) is 0 Å². The van der Waals surface area contributed by atoms with Gasteiger partial charge in [0.25, 0.3) is 0 Å². The molecule has 0 amide bonds. The van der Waals surface area contributed by atoms with Gasteiger partial charge in [-0.1, -0.05) is 71.8 Å². The first-order valence-corrected chi connectivity index (χ1v) is 4.82. The van der Waals surface area contributed by atoms with Crippen LogP contribution in [0.3, 0.4) is 0 Å². The maximum absolute atomic E-state index is 2.08. The third-order valence-corrected chi connectivity index (χ3v) is 1.88. The van der Waals surface area contributed by atoms with Gasteiger partial charge in [-0.25, -0.2) is 0 Å². The standard InChI is InChI=1S/2C7H8.W/c2*1-7-5-3-2-4-6-7;/h2*2-6H,1H3;. The average Bonchev–Trinajstić information content (AvgIpc) is 2.21. The van der Waals surface area contributed by atoms with E-state index in [2.05, 4.69) is 38.1 Å². The zero-order chi connectivity index (χ0) is 10.2. The van der Waals surface area contributed by atoms with Gasteiger partial charge < -0.3 is 0 Å². The predicted octanol–water partition coefficient (Wildman–Crippen LogP) is 3.99. The second-order valence-electron chi connectivity index (χ2n) is 3.31. The molecule has 1 heteroatoms. The quantitative estimate of drug-likeness (QED) is 0.660. The molecule has 0 aliphatic carbocycles. The number of aryl methyl sites for hydroxylation is 2. The van der Waals surface area contributed by atoms with Crippen LogP contribution in [-0.4, -0.2) is 0 Å². The van der Waals surface area contributed by atoms with Gasteiger partial charge in [-0.05, 0) is 13.8 Å². The van der Waals surface area contributed by atoms with Crippen LogP contribution in [0.1, 0.15) is 11.1 Å². The fraction of sp³-hybridized carbons (Fsp3) is 0.143. The molecule has 0 heterocycles. The van der Waals surface area contributed by atoms with E-state index in [9.17, 15) is 0 Å². The van der Waals surface area contributed by atoms with Crippen molar-refractivity contribution in [1.82, 2.24) is 0 Å². The Hall–Kier alpha value is -0.872. The van der Waals surface area contributed by atoms with Crippen molar-refractivity contribution in [3.63, 3.8) is 0 Å². The van der Waals surface area contributed by atoms with E-state index >= 15 is 0 Å². The van der Waals surface area contributed by atoms with Crippen LogP contribution in [-0.2, 0) is 21.1 Å². The van der Waals surface area contributed by atoms with E-state index in [1.807, 2.05) is 36.4 Å². The summed E-state index contributed by atoms with van der Waals surface area (Å²) in [5.74, 6) is 0. The normalized spacial score (nSPS) is 8.13. The maximum atomic E-state index is 2.08. The van der Waals surface area contributed by atoms with Crippen molar-refractivity contribution < 1.29 is 21.1 Å². The van der Waals surface area contributed by atoms with Crippen molar-refractivity contribution >= 4 is 0 Å². The molecule has 0 aliphatic rings. The molecule has 0 spiro atoms. The Labute approximate surface area is 107 Å². The van der Waals surface area contributed by atoms with Crippen LogP contribution in [0.15, 0.2) is 60.7 Å². The molecule has 0 radical (unpaired) electrons. The van der Waals surface area contributed by atoms with Gasteiger partial charge in [0.15, 0.2) is 0 Å². The van der Waals surface area contributed by atoms with Crippen LogP contribution in [0.25, 0.3) is 0 Å². The van der Waals surface area contributed by atoms with Crippen LogP contribution < -0.4 is 0 Å². The smallest absolute Gasteiger partial charge is 0 e. The van der Waals surface area contributed by atoms with Gasteiger partial charge in [-0.2, -0.15) is 0 Å². The van der Waals surface area contributed by atoms with E-state index in [0.717, 1.165) is 0 Å². The first-order chi connectivity index (χ1) is 6.79. The molecule has 0 saturated carbocycles. The summed E-state index contributed by atoms with van der Waals surface area (Å²) in [5, 5.41) is 0. The molecule has 0 fully saturated rings. The van der Waals surface area contributed by atoms with Gasteiger partial charge in [-0.15, -0.1) is 0 Å². The second-order valence-corrected chi connectivity index (χ2v) is 3.31. The Morgan fingerprint density at radius 2 is 0.800 bits per heavy atom. The van der Waals surface area contributed by atoms with Crippen molar-refractivity contribution in [2.45, 2.75) is 13.8 Å². The average molecular weight is 368 g/mol. The third kappa shape index (κ3) is 7.10. The minimum atomic E-state index is 0. The van der Waals surface area contributed by atoms with E-state index in [4.69, 9.17) is 0 Å². The van der Waals surface area contributed by atoms with E-state index in [1.54, 1.807) is 0 Å². The van der Waals surface area contributed by atoms with Gasteiger partial charge in [-0.3, -0.25) is 0 Å². The van der Waals surface area contributed by atoms with Crippen LogP contribution in [0, 0.1) is 13.8 Å². The molecular weight excluding hydrogens is 352 g/mol. The largest absolute Gasteiger partial charge is 0.0622 e. The van der Waals surface area contributed by atoms with Gasteiger partial charge in [0, 0.05) is 21.1 Å². The van der Waals surface area contributed by atoms with Crippen LogP contribution in [0.2, 0.25) is 0 Å². The Balaban J connectivity index is 0.000000245. The first-order valence-electron chi connectivity index (χ1n) is 4.82. The molecule has 2 aromatic carbocycles. The minimum absolute atomic E-state index is 0. The zero-order valence-electron chi connectivity index (χ0n) is 9.18. The summed E-state index contributed by atoms with van der Waals surface area (Å²) in [5.41, 5.74) is 2.64. The van der Waals surface area contributed by atoms with E-state index < -0.39 is 0 Å². The summed E-state index contributed by atoms with van der Waals surface area (Å²) in [6.07, 6.45) is 0. The van der Waals surface area contributed by atoms with Gasteiger partial charge >= 0.3 is 0 Å².